The minimum atomic E-state index is -0.545. The molecule has 32 heavy (non-hydrogen) atoms. The van der Waals surface area contributed by atoms with Crippen LogP contribution >= 0.6 is 11.6 Å². The highest BCUT2D eigenvalue weighted by Crippen LogP contribution is 2.35. The number of rotatable bonds is 3. The zero-order valence-electron chi connectivity index (χ0n) is 16.4. The van der Waals surface area contributed by atoms with Gasteiger partial charge in [-0.1, -0.05) is 11.6 Å². The normalized spacial score (nSPS) is 15.8. The highest BCUT2D eigenvalue weighted by molar-refractivity contribution is 6.33. The number of pyridine rings is 1. The third-order valence-corrected chi connectivity index (χ3v) is 5.62. The van der Waals surface area contributed by atoms with Crippen molar-refractivity contribution in [2.75, 3.05) is 6.54 Å². The minimum Gasteiger partial charge on any atom is -0.409 e. The Balaban J connectivity index is 1.41. The minimum absolute atomic E-state index is 0.0717. The van der Waals surface area contributed by atoms with Gasteiger partial charge in [-0.2, -0.15) is 5.10 Å². The number of nitrogens with one attached hydrogen (secondary N) is 1. The number of aromatic amines is 1. The Hall–Kier alpha value is -4.12. The number of nitrogens with zero attached hydrogens (tertiary/aromatic N) is 8. The lowest BCUT2D eigenvalue weighted by atomic mass is 9.99. The third-order valence-electron chi connectivity index (χ3n) is 5.30. The molecule has 1 aliphatic rings. The molecule has 0 saturated carbocycles. The van der Waals surface area contributed by atoms with E-state index in [-0.39, 0.29) is 17.6 Å². The van der Waals surface area contributed by atoms with Crippen LogP contribution in [0.2, 0.25) is 5.02 Å². The van der Waals surface area contributed by atoms with Gasteiger partial charge in [0.05, 0.1) is 28.3 Å². The quantitative estimate of drug-likeness (QED) is 0.446. The molecule has 1 unspecified atom stereocenters. The second-order valence-electron chi connectivity index (χ2n) is 7.16. The van der Waals surface area contributed by atoms with E-state index >= 15 is 0 Å². The van der Waals surface area contributed by atoms with Crippen LogP contribution in [0.4, 0.5) is 0 Å². The molecule has 0 aromatic carbocycles. The molecule has 1 amide bonds. The zero-order chi connectivity index (χ0) is 21.7. The molecule has 11 nitrogen and oxygen atoms in total. The van der Waals surface area contributed by atoms with E-state index in [0.29, 0.717) is 23.7 Å². The fourth-order valence-electron chi connectivity index (χ4n) is 3.86. The lowest BCUT2D eigenvalue weighted by molar-refractivity contribution is 0.0646. The molecule has 0 spiro atoms. The van der Waals surface area contributed by atoms with Crippen molar-refractivity contribution < 1.29 is 9.21 Å². The summed E-state index contributed by atoms with van der Waals surface area (Å²) in [5.74, 6) is -0.263. The van der Waals surface area contributed by atoms with Crippen molar-refractivity contribution in [3.05, 3.63) is 77.2 Å². The van der Waals surface area contributed by atoms with E-state index in [4.69, 9.17) is 16.0 Å². The summed E-state index contributed by atoms with van der Waals surface area (Å²) in [5.41, 5.74) is 3.03. The summed E-state index contributed by atoms with van der Waals surface area (Å²) in [6.45, 7) is 0.417. The van der Waals surface area contributed by atoms with Gasteiger partial charge in [0.2, 0.25) is 5.82 Å². The summed E-state index contributed by atoms with van der Waals surface area (Å²) < 4.78 is 7.28. The number of hydrogen-bond donors (Lipinski definition) is 1. The first-order valence-corrected chi connectivity index (χ1v) is 10.1. The van der Waals surface area contributed by atoms with E-state index < -0.39 is 11.9 Å². The molecule has 6 heterocycles. The number of fused-ring (bicyclic) bond motifs is 2. The maximum atomic E-state index is 13.4. The monoisotopic (exact) mass is 447 g/mol. The number of hydrogen-bond acceptors (Lipinski definition) is 8. The molecule has 0 bridgehead atoms. The molecule has 12 heteroatoms. The largest absolute Gasteiger partial charge is 0.409 e. The van der Waals surface area contributed by atoms with Crippen molar-refractivity contribution in [2.24, 2.45) is 0 Å². The van der Waals surface area contributed by atoms with Crippen LogP contribution in [0.1, 0.15) is 33.8 Å². The Morgan fingerprint density at radius 1 is 1.19 bits per heavy atom. The van der Waals surface area contributed by atoms with Crippen molar-refractivity contribution >= 4 is 23.0 Å². The molecule has 0 aliphatic carbocycles. The lowest BCUT2D eigenvalue weighted by Crippen LogP contribution is -2.41. The molecular weight excluding hydrogens is 434 g/mol. The number of aromatic nitrogens is 8. The number of halogens is 1. The van der Waals surface area contributed by atoms with Crippen LogP contribution < -0.4 is 0 Å². The Morgan fingerprint density at radius 3 is 2.91 bits per heavy atom. The number of H-pyrrole nitrogens is 1. The third kappa shape index (κ3) is 2.94. The number of carbonyl (C=O) groups is 1. The van der Waals surface area contributed by atoms with Gasteiger partial charge in [0.25, 0.3) is 5.89 Å². The van der Waals surface area contributed by atoms with E-state index in [1.165, 1.54) is 0 Å². The fourth-order valence-corrected chi connectivity index (χ4v) is 4.07. The van der Waals surface area contributed by atoms with Crippen LogP contribution in [0.15, 0.2) is 53.6 Å². The van der Waals surface area contributed by atoms with E-state index in [1.807, 2.05) is 12.1 Å². The van der Waals surface area contributed by atoms with Gasteiger partial charge in [0.1, 0.15) is 6.04 Å². The highest BCUT2D eigenvalue weighted by atomic mass is 35.5. The van der Waals surface area contributed by atoms with Gasteiger partial charge in [0, 0.05) is 37.3 Å². The number of imidazole rings is 1. The van der Waals surface area contributed by atoms with Crippen LogP contribution in [-0.4, -0.2) is 57.1 Å². The van der Waals surface area contributed by atoms with E-state index in [1.54, 1.807) is 46.5 Å². The van der Waals surface area contributed by atoms with Crippen molar-refractivity contribution in [2.45, 2.75) is 12.5 Å². The Labute approximate surface area is 185 Å². The molecule has 5 aromatic rings. The lowest BCUT2D eigenvalue weighted by Gasteiger charge is -2.32. The predicted octanol–water partition coefficient (Wildman–Crippen LogP) is 2.34. The Bertz CT molecular complexity index is 1440. The van der Waals surface area contributed by atoms with Gasteiger partial charge in [-0.25, -0.2) is 19.5 Å². The van der Waals surface area contributed by atoms with Gasteiger partial charge < -0.3 is 14.3 Å². The van der Waals surface area contributed by atoms with Crippen molar-refractivity contribution in [1.82, 2.24) is 44.6 Å². The summed E-state index contributed by atoms with van der Waals surface area (Å²) >= 11 is 6.34. The average Bonchev–Trinajstić information content (AvgIpc) is 3.58. The van der Waals surface area contributed by atoms with Crippen molar-refractivity contribution in [3.8, 4) is 11.7 Å². The standard InChI is InChI=1S/C20H14ClN9O2/c21-11-3-1-7-30-14(11)9-13(28-30)16-15-12(24-10-25-15)4-8-29(16)20(31)19-27-26-18(32-19)17-22-5-2-6-23-17/h1-3,5-7,9-10,16H,4,8H2,(H,24,25). The first kappa shape index (κ1) is 18.6. The van der Waals surface area contributed by atoms with Crippen molar-refractivity contribution in [1.29, 1.82) is 0 Å². The van der Waals surface area contributed by atoms with Crippen LogP contribution in [-0.2, 0) is 6.42 Å². The summed E-state index contributed by atoms with van der Waals surface area (Å²) in [7, 11) is 0. The van der Waals surface area contributed by atoms with E-state index in [2.05, 4.69) is 35.2 Å². The van der Waals surface area contributed by atoms with Gasteiger partial charge in [-0.15, -0.1) is 10.2 Å². The average molecular weight is 448 g/mol. The van der Waals surface area contributed by atoms with Gasteiger partial charge in [-0.05, 0) is 24.3 Å². The highest BCUT2D eigenvalue weighted by Gasteiger charge is 2.38. The Kier molecular flexibility index (Phi) is 4.21. The van der Waals surface area contributed by atoms with Crippen LogP contribution in [0, 0.1) is 0 Å². The Morgan fingerprint density at radius 2 is 2.06 bits per heavy atom. The molecule has 0 radical (unpaired) electrons. The first-order valence-electron chi connectivity index (χ1n) is 9.77. The van der Waals surface area contributed by atoms with Gasteiger partial charge >= 0.3 is 11.8 Å². The fraction of sp³-hybridized carbons (Fsp3) is 0.150. The molecule has 0 saturated heterocycles. The predicted molar refractivity (Wildman–Crippen MR) is 111 cm³/mol. The molecule has 5 aromatic heterocycles. The van der Waals surface area contributed by atoms with Crippen LogP contribution in [0.5, 0.6) is 0 Å². The summed E-state index contributed by atoms with van der Waals surface area (Å²) in [4.78, 5) is 30.8. The summed E-state index contributed by atoms with van der Waals surface area (Å²) in [5, 5.41) is 13.1. The molecule has 1 aliphatic heterocycles. The number of carbonyl (C=O) groups excluding carboxylic acids is 1. The maximum absolute atomic E-state index is 13.4. The van der Waals surface area contributed by atoms with Crippen LogP contribution in [0.3, 0.4) is 0 Å². The number of amides is 1. The second-order valence-corrected chi connectivity index (χ2v) is 7.56. The molecule has 158 valence electrons. The molecule has 0 fully saturated rings. The van der Waals surface area contributed by atoms with Crippen LogP contribution in [0.25, 0.3) is 17.2 Å². The second kappa shape index (κ2) is 7.24. The summed E-state index contributed by atoms with van der Waals surface area (Å²) in [6, 6.07) is 6.58. The van der Waals surface area contributed by atoms with Gasteiger partial charge in [-0.3, -0.25) is 4.79 Å². The molecular formula is C20H14ClN9O2. The first-order chi connectivity index (χ1) is 15.7. The van der Waals surface area contributed by atoms with Crippen molar-refractivity contribution in [3.63, 3.8) is 0 Å². The molecule has 1 atom stereocenters. The smallest absolute Gasteiger partial charge is 0.312 e. The van der Waals surface area contributed by atoms with Gasteiger partial charge in [0.15, 0.2) is 0 Å². The zero-order valence-corrected chi connectivity index (χ0v) is 17.1. The van der Waals surface area contributed by atoms with E-state index in [9.17, 15) is 4.79 Å². The SMILES string of the molecule is O=C(c1nnc(-c2ncccn2)o1)N1CCc2[nH]cnc2C1c1cc2c(Cl)cccn2n1. The maximum Gasteiger partial charge on any atom is 0.312 e. The molecule has 6 rings (SSSR count). The topological polar surface area (TPSA) is 131 Å². The van der Waals surface area contributed by atoms with E-state index in [0.717, 1.165) is 16.9 Å². The molecule has 1 N–H and O–H groups in total. The summed E-state index contributed by atoms with van der Waals surface area (Å²) in [6.07, 6.45) is 7.14.